The molecule has 3 aromatic rings. The molecule has 0 atom stereocenters. The Morgan fingerprint density at radius 1 is 1.25 bits per heavy atom. The number of piperidine rings is 1. The Morgan fingerprint density at radius 2 is 2.07 bits per heavy atom. The lowest BCUT2D eigenvalue weighted by Crippen LogP contribution is -2.38. The lowest BCUT2D eigenvalue weighted by molar-refractivity contribution is 0.103. The molecular weight excluding hydrogens is 358 g/mol. The first kappa shape index (κ1) is 16.7. The van der Waals surface area contributed by atoms with Gasteiger partial charge in [0.2, 0.25) is 0 Å². The topological polar surface area (TPSA) is 100 Å². The Morgan fingerprint density at radius 3 is 2.86 bits per heavy atom. The molecule has 0 radical (unpaired) electrons. The summed E-state index contributed by atoms with van der Waals surface area (Å²) in [6.07, 6.45) is 6.89. The van der Waals surface area contributed by atoms with E-state index in [9.17, 15) is 9.59 Å². The molecule has 1 saturated heterocycles. The molecule has 142 valence electrons. The highest BCUT2D eigenvalue weighted by Gasteiger charge is 2.25. The van der Waals surface area contributed by atoms with Crippen molar-refractivity contribution in [2.45, 2.75) is 25.3 Å². The molecule has 5 rings (SSSR count). The normalized spacial score (nSPS) is 16.6. The third kappa shape index (κ3) is 2.69. The van der Waals surface area contributed by atoms with Gasteiger partial charge >= 0.3 is 6.09 Å². The number of carbonyl (C=O) groups excluding carboxylic acids is 1. The predicted molar refractivity (Wildman–Crippen MR) is 103 cm³/mol. The van der Waals surface area contributed by atoms with Crippen LogP contribution < -0.4 is 5.32 Å². The first-order valence-electron chi connectivity index (χ1n) is 9.33. The summed E-state index contributed by atoms with van der Waals surface area (Å²) in [6, 6.07) is 5.93. The van der Waals surface area contributed by atoms with Gasteiger partial charge in [0.05, 0.1) is 29.8 Å². The minimum atomic E-state index is -0.856. The molecule has 2 amide bonds. The maximum Gasteiger partial charge on any atom is 0.407 e. The lowest BCUT2D eigenvalue weighted by Gasteiger charge is -2.30. The van der Waals surface area contributed by atoms with Crippen LogP contribution in [0.1, 0.15) is 40.5 Å². The predicted octanol–water partition coefficient (Wildman–Crippen LogP) is 2.90. The van der Waals surface area contributed by atoms with Crippen LogP contribution in [-0.4, -0.2) is 49.9 Å². The van der Waals surface area contributed by atoms with Gasteiger partial charge < -0.3 is 15.3 Å². The average Bonchev–Trinajstić information content (AvgIpc) is 3.30. The van der Waals surface area contributed by atoms with E-state index in [0.717, 1.165) is 40.6 Å². The number of nitrogens with one attached hydrogen (secondary N) is 1. The van der Waals surface area contributed by atoms with E-state index in [1.165, 1.54) is 4.90 Å². The Hall–Kier alpha value is -3.42. The van der Waals surface area contributed by atoms with Crippen molar-refractivity contribution in [3.63, 3.8) is 0 Å². The van der Waals surface area contributed by atoms with Crippen molar-refractivity contribution in [1.29, 1.82) is 0 Å². The summed E-state index contributed by atoms with van der Waals surface area (Å²) in [5.74, 6) is -0.0833. The van der Waals surface area contributed by atoms with Gasteiger partial charge in [0, 0.05) is 42.0 Å². The first-order valence-corrected chi connectivity index (χ1v) is 9.33. The van der Waals surface area contributed by atoms with E-state index in [0.29, 0.717) is 25.1 Å². The van der Waals surface area contributed by atoms with Crippen LogP contribution in [-0.2, 0) is 6.42 Å². The SMILES string of the molecule is O=C1Nc2cnc(Cc3cnn(C4CCN(C(=O)O)CC4)c3)c3cccc1c23. The van der Waals surface area contributed by atoms with E-state index in [-0.39, 0.29) is 11.9 Å². The van der Waals surface area contributed by atoms with Crippen LogP contribution in [0.4, 0.5) is 10.5 Å². The second kappa shape index (κ2) is 6.33. The van der Waals surface area contributed by atoms with Gasteiger partial charge in [-0.1, -0.05) is 12.1 Å². The summed E-state index contributed by atoms with van der Waals surface area (Å²) in [5.41, 5.74) is 3.42. The molecule has 1 aromatic carbocycles. The van der Waals surface area contributed by atoms with Crippen molar-refractivity contribution in [2.24, 2.45) is 0 Å². The van der Waals surface area contributed by atoms with E-state index in [4.69, 9.17) is 5.11 Å². The van der Waals surface area contributed by atoms with Gasteiger partial charge in [-0.05, 0) is 24.5 Å². The van der Waals surface area contributed by atoms with Crippen LogP contribution in [0.15, 0.2) is 36.8 Å². The van der Waals surface area contributed by atoms with E-state index in [1.54, 1.807) is 6.20 Å². The number of hydrogen-bond donors (Lipinski definition) is 2. The number of rotatable bonds is 3. The van der Waals surface area contributed by atoms with E-state index in [2.05, 4.69) is 15.4 Å². The van der Waals surface area contributed by atoms with Crippen LogP contribution in [0.2, 0.25) is 0 Å². The third-order valence-corrected chi connectivity index (χ3v) is 5.62. The van der Waals surface area contributed by atoms with Crippen molar-refractivity contribution < 1.29 is 14.7 Å². The van der Waals surface area contributed by atoms with Gasteiger partial charge in [-0.15, -0.1) is 0 Å². The summed E-state index contributed by atoms with van der Waals surface area (Å²) in [4.78, 5) is 29.1. The van der Waals surface area contributed by atoms with Gasteiger partial charge in [0.25, 0.3) is 5.91 Å². The van der Waals surface area contributed by atoms with E-state index < -0.39 is 6.09 Å². The van der Waals surface area contributed by atoms with Crippen molar-refractivity contribution in [3.05, 3.63) is 53.6 Å². The molecular formula is C20H19N5O3. The number of carbonyl (C=O) groups is 2. The van der Waals surface area contributed by atoms with Crippen molar-refractivity contribution in [3.8, 4) is 0 Å². The van der Waals surface area contributed by atoms with Gasteiger partial charge in [0.1, 0.15) is 0 Å². The summed E-state index contributed by atoms with van der Waals surface area (Å²) < 4.78 is 1.94. The zero-order valence-corrected chi connectivity index (χ0v) is 15.1. The molecule has 2 aliphatic heterocycles. The molecule has 2 aliphatic rings. The summed E-state index contributed by atoms with van der Waals surface area (Å²) >= 11 is 0. The average molecular weight is 377 g/mol. The molecule has 1 fully saturated rings. The van der Waals surface area contributed by atoms with Gasteiger partial charge in [0.15, 0.2) is 0 Å². The molecule has 2 aromatic heterocycles. The minimum Gasteiger partial charge on any atom is -0.465 e. The fourth-order valence-corrected chi connectivity index (χ4v) is 4.16. The number of aromatic nitrogens is 3. The fourth-order valence-electron chi connectivity index (χ4n) is 4.16. The van der Waals surface area contributed by atoms with Crippen LogP contribution in [0.5, 0.6) is 0 Å². The van der Waals surface area contributed by atoms with Crippen molar-refractivity contribution >= 4 is 28.5 Å². The fraction of sp³-hybridized carbons (Fsp3) is 0.300. The lowest BCUT2D eigenvalue weighted by atomic mass is 10.0. The Balaban J connectivity index is 1.38. The maximum atomic E-state index is 12.1. The summed E-state index contributed by atoms with van der Waals surface area (Å²) in [5, 5.41) is 18.4. The van der Waals surface area contributed by atoms with Crippen LogP contribution in [0, 0.1) is 0 Å². The Bertz CT molecular complexity index is 1100. The molecule has 8 nitrogen and oxygen atoms in total. The summed E-state index contributed by atoms with van der Waals surface area (Å²) in [7, 11) is 0. The molecule has 0 aliphatic carbocycles. The number of pyridine rings is 1. The van der Waals surface area contributed by atoms with Crippen molar-refractivity contribution in [1.82, 2.24) is 19.7 Å². The van der Waals surface area contributed by atoms with E-state index >= 15 is 0 Å². The molecule has 28 heavy (non-hydrogen) atoms. The third-order valence-electron chi connectivity index (χ3n) is 5.62. The Kier molecular flexibility index (Phi) is 3.78. The molecule has 0 spiro atoms. The highest BCUT2D eigenvalue weighted by atomic mass is 16.4. The highest BCUT2D eigenvalue weighted by Crippen LogP contribution is 2.34. The number of likely N-dealkylation sites (tertiary alicyclic amines) is 1. The highest BCUT2D eigenvalue weighted by molar-refractivity contribution is 6.23. The zero-order chi connectivity index (χ0) is 19.3. The molecule has 8 heteroatoms. The van der Waals surface area contributed by atoms with E-state index in [1.807, 2.05) is 35.3 Å². The standard InChI is InChI=1S/C20H19N5O3/c26-19-15-3-1-2-14-16(21-10-17(23-19)18(14)15)8-12-9-22-25(11-12)13-4-6-24(7-5-13)20(27)28/h1-3,9-11,13H,4-8H2,(H,23,26)(H,27,28). The van der Waals surface area contributed by atoms with Gasteiger partial charge in [-0.25, -0.2) is 4.79 Å². The molecule has 2 N–H and O–H groups in total. The number of benzene rings is 1. The number of anilines is 1. The van der Waals surface area contributed by atoms with Crippen molar-refractivity contribution in [2.75, 3.05) is 18.4 Å². The first-order chi connectivity index (χ1) is 13.6. The monoisotopic (exact) mass is 377 g/mol. The number of amides is 2. The van der Waals surface area contributed by atoms with Crippen LogP contribution in [0.3, 0.4) is 0 Å². The largest absolute Gasteiger partial charge is 0.465 e. The van der Waals surface area contributed by atoms with Crippen LogP contribution >= 0.6 is 0 Å². The molecule has 0 unspecified atom stereocenters. The summed E-state index contributed by atoms with van der Waals surface area (Å²) in [6.45, 7) is 1.07. The second-order valence-corrected chi connectivity index (χ2v) is 7.31. The number of carboxylic acid groups (broad SMARTS) is 1. The Labute approximate surface area is 160 Å². The molecule has 0 saturated carbocycles. The molecule has 0 bridgehead atoms. The maximum absolute atomic E-state index is 12.1. The zero-order valence-electron chi connectivity index (χ0n) is 15.1. The number of nitrogens with zero attached hydrogens (tertiary/aromatic N) is 4. The minimum absolute atomic E-state index is 0.0833. The quantitative estimate of drug-likeness (QED) is 0.731. The smallest absolute Gasteiger partial charge is 0.407 e. The van der Waals surface area contributed by atoms with Gasteiger partial charge in [-0.2, -0.15) is 5.10 Å². The van der Waals surface area contributed by atoms with Crippen LogP contribution in [0.25, 0.3) is 10.8 Å². The molecule has 4 heterocycles. The number of hydrogen-bond acceptors (Lipinski definition) is 4. The van der Waals surface area contributed by atoms with Gasteiger partial charge in [-0.3, -0.25) is 14.5 Å². The second-order valence-electron chi connectivity index (χ2n) is 7.31.